The van der Waals surface area contributed by atoms with Crippen molar-refractivity contribution in [3.05, 3.63) is 40.9 Å². The SMILES string of the molecule is Cc1ccc(-c2nc(C(=O)N3CC(CO)CCC3C)cs2)cc1. The molecule has 122 valence electrons. The molecule has 1 fully saturated rings. The summed E-state index contributed by atoms with van der Waals surface area (Å²) in [6.45, 7) is 4.88. The summed E-state index contributed by atoms with van der Waals surface area (Å²) in [7, 11) is 0. The van der Waals surface area contributed by atoms with Crippen molar-refractivity contribution in [3.63, 3.8) is 0 Å². The summed E-state index contributed by atoms with van der Waals surface area (Å²) in [4.78, 5) is 19.2. The van der Waals surface area contributed by atoms with Crippen LogP contribution in [0.3, 0.4) is 0 Å². The van der Waals surface area contributed by atoms with Crippen LogP contribution in [0.25, 0.3) is 10.6 Å². The maximum absolute atomic E-state index is 12.8. The molecule has 1 N–H and O–H groups in total. The fourth-order valence-corrected chi connectivity index (χ4v) is 3.76. The molecule has 4 nitrogen and oxygen atoms in total. The smallest absolute Gasteiger partial charge is 0.273 e. The van der Waals surface area contributed by atoms with Crippen LogP contribution in [-0.4, -0.2) is 40.1 Å². The first-order chi connectivity index (χ1) is 11.1. The first kappa shape index (κ1) is 16.1. The topological polar surface area (TPSA) is 53.4 Å². The lowest BCUT2D eigenvalue weighted by Crippen LogP contribution is -2.46. The minimum Gasteiger partial charge on any atom is -0.396 e. The van der Waals surface area contributed by atoms with E-state index >= 15 is 0 Å². The fourth-order valence-electron chi connectivity index (χ4n) is 2.96. The molecule has 2 unspecified atom stereocenters. The number of likely N-dealkylation sites (tertiary alicyclic amines) is 1. The predicted molar refractivity (Wildman–Crippen MR) is 92.6 cm³/mol. The number of rotatable bonds is 3. The summed E-state index contributed by atoms with van der Waals surface area (Å²) < 4.78 is 0. The number of aromatic nitrogens is 1. The lowest BCUT2D eigenvalue weighted by atomic mass is 9.94. The third kappa shape index (κ3) is 3.46. The van der Waals surface area contributed by atoms with Crippen molar-refractivity contribution in [1.82, 2.24) is 9.88 Å². The Hall–Kier alpha value is -1.72. The van der Waals surface area contributed by atoms with E-state index < -0.39 is 0 Å². The molecule has 1 aromatic carbocycles. The van der Waals surface area contributed by atoms with Gasteiger partial charge in [0.2, 0.25) is 0 Å². The molecule has 3 rings (SSSR count). The normalized spacial score (nSPS) is 21.4. The van der Waals surface area contributed by atoms with E-state index in [0.717, 1.165) is 23.4 Å². The van der Waals surface area contributed by atoms with Crippen molar-refractivity contribution in [2.24, 2.45) is 5.92 Å². The van der Waals surface area contributed by atoms with Gasteiger partial charge in [-0.05, 0) is 32.6 Å². The van der Waals surface area contributed by atoms with Crippen LogP contribution in [0.15, 0.2) is 29.6 Å². The zero-order valence-corrected chi connectivity index (χ0v) is 14.3. The Balaban J connectivity index is 1.79. The van der Waals surface area contributed by atoms with Crippen LogP contribution in [0.5, 0.6) is 0 Å². The number of carbonyl (C=O) groups is 1. The number of amides is 1. The highest BCUT2D eigenvalue weighted by Crippen LogP contribution is 2.27. The van der Waals surface area contributed by atoms with Crippen molar-refractivity contribution in [2.75, 3.05) is 13.2 Å². The Kier molecular flexibility index (Phi) is 4.78. The highest BCUT2D eigenvalue weighted by molar-refractivity contribution is 7.13. The van der Waals surface area contributed by atoms with Gasteiger partial charge in [-0.25, -0.2) is 4.98 Å². The van der Waals surface area contributed by atoms with E-state index in [0.29, 0.717) is 12.2 Å². The Morgan fingerprint density at radius 2 is 2.09 bits per heavy atom. The number of nitrogens with zero attached hydrogens (tertiary/aromatic N) is 2. The fraction of sp³-hybridized carbons (Fsp3) is 0.444. The molecular formula is C18H22N2O2S. The molecule has 1 amide bonds. The van der Waals surface area contributed by atoms with Crippen LogP contribution in [-0.2, 0) is 0 Å². The lowest BCUT2D eigenvalue weighted by molar-refractivity contribution is 0.0484. The first-order valence-corrected chi connectivity index (χ1v) is 8.91. The summed E-state index contributed by atoms with van der Waals surface area (Å²) in [5, 5.41) is 12.1. The Morgan fingerprint density at radius 3 is 2.78 bits per heavy atom. The molecule has 23 heavy (non-hydrogen) atoms. The zero-order valence-electron chi connectivity index (χ0n) is 13.5. The second-order valence-corrected chi connectivity index (χ2v) is 7.19. The molecule has 0 aliphatic carbocycles. The second-order valence-electron chi connectivity index (χ2n) is 6.34. The van der Waals surface area contributed by atoms with Crippen LogP contribution < -0.4 is 0 Å². The van der Waals surface area contributed by atoms with Gasteiger partial charge >= 0.3 is 0 Å². The van der Waals surface area contributed by atoms with Gasteiger partial charge in [-0.15, -0.1) is 11.3 Å². The quantitative estimate of drug-likeness (QED) is 0.939. The van der Waals surface area contributed by atoms with Gasteiger partial charge in [0.15, 0.2) is 0 Å². The average Bonchev–Trinajstić information content (AvgIpc) is 3.05. The third-order valence-electron chi connectivity index (χ3n) is 4.52. The van der Waals surface area contributed by atoms with Crippen LogP contribution in [0.4, 0.5) is 0 Å². The molecule has 2 heterocycles. The van der Waals surface area contributed by atoms with Gasteiger partial charge in [-0.2, -0.15) is 0 Å². The summed E-state index contributed by atoms with van der Waals surface area (Å²) >= 11 is 1.50. The Morgan fingerprint density at radius 1 is 1.35 bits per heavy atom. The number of thiazole rings is 1. The van der Waals surface area contributed by atoms with Crippen LogP contribution >= 0.6 is 11.3 Å². The van der Waals surface area contributed by atoms with E-state index in [-0.39, 0.29) is 24.5 Å². The van der Waals surface area contributed by atoms with Crippen LogP contribution in [0.1, 0.15) is 35.8 Å². The lowest BCUT2D eigenvalue weighted by Gasteiger charge is -2.37. The summed E-state index contributed by atoms with van der Waals surface area (Å²) in [5.74, 6) is 0.163. The molecule has 1 aliphatic heterocycles. The highest BCUT2D eigenvalue weighted by Gasteiger charge is 2.30. The standard InChI is InChI=1S/C18H22N2O2S/c1-12-3-7-15(8-4-12)17-19-16(11-23-17)18(22)20-9-14(10-21)6-5-13(20)2/h3-4,7-8,11,13-14,21H,5-6,9-10H2,1-2H3. The molecule has 0 saturated carbocycles. The molecule has 0 bridgehead atoms. The largest absolute Gasteiger partial charge is 0.396 e. The van der Waals surface area contributed by atoms with Gasteiger partial charge < -0.3 is 10.0 Å². The van der Waals surface area contributed by atoms with Gasteiger partial charge in [0.25, 0.3) is 5.91 Å². The van der Waals surface area contributed by atoms with Crippen molar-refractivity contribution in [3.8, 4) is 10.6 Å². The number of hydrogen-bond donors (Lipinski definition) is 1. The van der Waals surface area contributed by atoms with Crippen molar-refractivity contribution < 1.29 is 9.90 Å². The predicted octanol–water partition coefficient (Wildman–Crippen LogP) is 3.35. The van der Waals surface area contributed by atoms with Crippen LogP contribution in [0.2, 0.25) is 0 Å². The molecule has 1 aliphatic rings. The Labute approximate surface area is 140 Å². The summed E-state index contributed by atoms with van der Waals surface area (Å²) in [5.41, 5.74) is 2.76. The summed E-state index contributed by atoms with van der Waals surface area (Å²) in [6.07, 6.45) is 1.92. The second kappa shape index (κ2) is 6.81. The van der Waals surface area contributed by atoms with Crippen molar-refractivity contribution >= 4 is 17.2 Å². The van der Waals surface area contributed by atoms with Gasteiger partial charge in [0.1, 0.15) is 10.7 Å². The molecule has 2 aromatic rings. The van der Waals surface area contributed by atoms with Crippen LogP contribution in [0, 0.1) is 12.8 Å². The maximum Gasteiger partial charge on any atom is 0.273 e. The van der Waals surface area contributed by atoms with Gasteiger partial charge in [0.05, 0.1) is 0 Å². The molecule has 1 aromatic heterocycles. The third-order valence-corrected chi connectivity index (χ3v) is 5.41. The molecule has 2 atom stereocenters. The molecule has 5 heteroatoms. The first-order valence-electron chi connectivity index (χ1n) is 8.03. The van der Waals surface area contributed by atoms with Crippen molar-refractivity contribution in [2.45, 2.75) is 32.7 Å². The number of hydrogen-bond acceptors (Lipinski definition) is 4. The molecular weight excluding hydrogens is 308 g/mol. The van der Waals surface area contributed by atoms with E-state index in [9.17, 15) is 9.90 Å². The number of aryl methyl sites for hydroxylation is 1. The molecule has 0 radical (unpaired) electrons. The number of piperidine rings is 1. The number of carbonyl (C=O) groups excluding carboxylic acids is 1. The van der Waals surface area contributed by atoms with E-state index in [2.05, 4.69) is 31.0 Å². The van der Waals surface area contributed by atoms with Crippen molar-refractivity contribution in [1.29, 1.82) is 0 Å². The number of aliphatic hydroxyl groups excluding tert-OH is 1. The number of benzene rings is 1. The monoisotopic (exact) mass is 330 g/mol. The highest BCUT2D eigenvalue weighted by atomic mass is 32.1. The number of aliphatic hydroxyl groups is 1. The van der Waals surface area contributed by atoms with E-state index in [1.54, 1.807) is 0 Å². The molecule has 0 spiro atoms. The minimum absolute atomic E-state index is 0.0229. The maximum atomic E-state index is 12.8. The molecule has 1 saturated heterocycles. The van der Waals surface area contributed by atoms with Gasteiger partial charge in [-0.3, -0.25) is 4.79 Å². The van der Waals surface area contributed by atoms with E-state index in [1.165, 1.54) is 16.9 Å². The Bertz CT molecular complexity index is 681. The van der Waals surface area contributed by atoms with Gasteiger partial charge in [0, 0.05) is 30.1 Å². The minimum atomic E-state index is -0.0229. The van der Waals surface area contributed by atoms with E-state index in [1.807, 2.05) is 22.4 Å². The summed E-state index contributed by atoms with van der Waals surface area (Å²) in [6, 6.07) is 8.38. The average molecular weight is 330 g/mol. The van der Waals surface area contributed by atoms with E-state index in [4.69, 9.17) is 0 Å². The zero-order chi connectivity index (χ0) is 16.4. The van der Waals surface area contributed by atoms with Gasteiger partial charge in [-0.1, -0.05) is 29.8 Å².